The maximum absolute atomic E-state index is 10.7. The zero-order valence-electron chi connectivity index (χ0n) is 18.1. The van der Waals surface area contributed by atoms with E-state index in [2.05, 4.69) is 53.8 Å². The molecule has 0 unspecified atom stereocenters. The number of nitrogens with one attached hydrogen (secondary N) is 1. The monoisotopic (exact) mass is 423 g/mol. The quantitative estimate of drug-likeness (QED) is 0.347. The molecule has 0 aliphatic heterocycles. The van der Waals surface area contributed by atoms with Crippen molar-refractivity contribution in [2.45, 2.75) is 18.2 Å². The van der Waals surface area contributed by atoms with Gasteiger partial charge in [0.1, 0.15) is 5.60 Å². The van der Waals surface area contributed by atoms with Crippen LogP contribution in [0.3, 0.4) is 0 Å². The molecule has 32 heavy (non-hydrogen) atoms. The van der Waals surface area contributed by atoms with Crippen LogP contribution in [0.4, 0.5) is 0 Å². The van der Waals surface area contributed by atoms with Crippen LogP contribution in [0.15, 0.2) is 121 Å². The molecule has 3 heteroatoms. The van der Waals surface area contributed by atoms with E-state index in [1.165, 1.54) is 5.56 Å². The molecule has 1 atom stereocenters. The van der Waals surface area contributed by atoms with Crippen molar-refractivity contribution >= 4 is 0 Å². The zero-order valence-corrected chi connectivity index (χ0v) is 18.1. The van der Waals surface area contributed by atoms with Crippen LogP contribution in [-0.4, -0.2) is 24.4 Å². The highest BCUT2D eigenvalue weighted by molar-refractivity contribution is 5.47. The van der Waals surface area contributed by atoms with Gasteiger partial charge in [-0.05, 0) is 22.3 Å². The summed E-state index contributed by atoms with van der Waals surface area (Å²) in [6.45, 7) is 1.35. The van der Waals surface area contributed by atoms with Crippen LogP contribution in [0.1, 0.15) is 22.3 Å². The summed E-state index contributed by atoms with van der Waals surface area (Å²) in [5, 5.41) is 14.1. The minimum absolute atomic E-state index is 0.195. The van der Waals surface area contributed by atoms with Crippen molar-refractivity contribution in [1.82, 2.24) is 5.32 Å². The molecule has 0 bridgehead atoms. The molecule has 4 rings (SSSR count). The second-order valence-electron chi connectivity index (χ2n) is 7.86. The van der Waals surface area contributed by atoms with Gasteiger partial charge in [0.25, 0.3) is 0 Å². The van der Waals surface area contributed by atoms with Crippen LogP contribution in [0.2, 0.25) is 0 Å². The first-order chi connectivity index (χ1) is 15.8. The number of ether oxygens (including phenoxy) is 1. The molecule has 3 nitrogen and oxygen atoms in total. The van der Waals surface area contributed by atoms with Crippen LogP contribution in [-0.2, 0) is 16.9 Å². The maximum Gasteiger partial charge on any atom is 0.143 e. The van der Waals surface area contributed by atoms with Gasteiger partial charge in [0.2, 0.25) is 0 Å². The van der Waals surface area contributed by atoms with Crippen LogP contribution in [0.5, 0.6) is 0 Å². The van der Waals surface area contributed by atoms with E-state index in [0.717, 1.165) is 16.7 Å². The molecule has 4 aromatic carbocycles. The third-order valence-corrected chi connectivity index (χ3v) is 5.59. The molecule has 0 fully saturated rings. The zero-order chi connectivity index (χ0) is 22.1. The summed E-state index contributed by atoms with van der Waals surface area (Å²) in [5.41, 5.74) is 3.46. The third kappa shape index (κ3) is 5.14. The van der Waals surface area contributed by atoms with E-state index < -0.39 is 11.7 Å². The first-order valence-electron chi connectivity index (χ1n) is 11.0. The summed E-state index contributed by atoms with van der Waals surface area (Å²) in [5.74, 6) is 0. The van der Waals surface area contributed by atoms with Crippen molar-refractivity contribution in [1.29, 1.82) is 0 Å². The van der Waals surface area contributed by atoms with E-state index in [4.69, 9.17) is 4.74 Å². The molecule has 2 N–H and O–H groups in total. The SMILES string of the molecule is O[C@H](CNCc1ccccc1)COC(c1ccccc1)(c1ccccc1)c1ccccc1. The molecular formula is C29H29NO2. The highest BCUT2D eigenvalue weighted by Gasteiger charge is 2.37. The average molecular weight is 424 g/mol. The molecule has 0 saturated carbocycles. The normalized spacial score (nSPS) is 12.4. The van der Waals surface area contributed by atoms with Gasteiger partial charge in [-0.1, -0.05) is 121 Å². The molecule has 0 aliphatic carbocycles. The molecule has 0 aliphatic rings. The fourth-order valence-corrected chi connectivity index (χ4v) is 4.03. The van der Waals surface area contributed by atoms with Gasteiger partial charge in [-0.2, -0.15) is 0 Å². The fraction of sp³-hybridized carbons (Fsp3) is 0.172. The van der Waals surface area contributed by atoms with Gasteiger partial charge in [-0.3, -0.25) is 0 Å². The predicted molar refractivity (Wildman–Crippen MR) is 129 cm³/mol. The van der Waals surface area contributed by atoms with E-state index in [0.29, 0.717) is 13.1 Å². The summed E-state index contributed by atoms with van der Waals surface area (Å²) >= 11 is 0. The maximum atomic E-state index is 10.7. The van der Waals surface area contributed by atoms with Gasteiger partial charge in [-0.15, -0.1) is 0 Å². The molecule has 0 amide bonds. The van der Waals surface area contributed by atoms with Crippen LogP contribution < -0.4 is 5.32 Å². The Balaban J connectivity index is 1.58. The minimum Gasteiger partial charge on any atom is -0.389 e. The summed E-state index contributed by atoms with van der Waals surface area (Å²) < 4.78 is 6.66. The minimum atomic E-state index is -0.815. The van der Waals surface area contributed by atoms with Gasteiger partial charge in [0, 0.05) is 13.1 Å². The van der Waals surface area contributed by atoms with E-state index in [-0.39, 0.29) is 6.61 Å². The molecule has 0 saturated heterocycles. The van der Waals surface area contributed by atoms with Gasteiger partial charge in [0.15, 0.2) is 0 Å². The van der Waals surface area contributed by atoms with Crippen molar-refractivity contribution in [2.75, 3.05) is 13.2 Å². The number of hydrogen-bond acceptors (Lipinski definition) is 3. The number of benzene rings is 4. The Morgan fingerprint density at radius 3 is 1.47 bits per heavy atom. The van der Waals surface area contributed by atoms with E-state index in [1.54, 1.807) is 0 Å². The standard InChI is InChI=1S/C29H29NO2/c31-28(22-30-21-24-13-5-1-6-14-24)23-32-29(25-15-7-2-8-16-25,26-17-9-3-10-18-26)27-19-11-4-12-20-27/h1-20,28,30-31H,21-23H2/t28-/m1/s1. The summed E-state index contributed by atoms with van der Waals surface area (Å²) in [7, 11) is 0. The van der Waals surface area contributed by atoms with E-state index in [1.807, 2.05) is 72.8 Å². The topological polar surface area (TPSA) is 41.5 Å². The molecule has 0 aromatic heterocycles. The van der Waals surface area contributed by atoms with E-state index >= 15 is 0 Å². The summed E-state index contributed by atoms with van der Waals surface area (Å²) in [6, 6.07) is 40.8. The van der Waals surface area contributed by atoms with Crippen LogP contribution in [0, 0.1) is 0 Å². The van der Waals surface area contributed by atoms with Gasteiger partial charge >= 0.3 is 0 Å². The molecular weight excluding hydrogens is 394 g/mol. The Hall–Kier alpha value is -3.24. The van der Waals surface area contributed by atoms with Crippen molar-refractivity contribution in [3.05, 3.63) is 144 Å². The Kier molecular flexibility index (Phi) is 7.47. The van der Waals surface area contributed by atoms with Crippen LogP contribution >= 0.6 is 0 Å². The molecule has 0 radical (unpaired) electrons. The van der Waals surface area contributed by atoms with Crippen molar-refractivity contribution < 1.29 is 9.84 Å². The lowest BCUT2D eigenvalue weighted by Gasteiger charge is -2.36. The number of aliphatic hydroxyl groups excluding tert-OH is 1. The predicted octanol–water partition coefficient (Wildman–Crippen LogP) is 5.15. The van der Waals surface area contributed by atoms with Gasteiger partial charge in [-0.25, -0.2) is 0 Å². The smallest absolute Gasteiger partial charge is 0.143 e. The van der Waals surface area contributed by atoms with Crippen molar-refractivity contribution in [3.8, 4) is 0 Å². The summed E-state index contributed by atoms with van der Waals surface area (Å²) in [4.78, 5) is 0. The Morgan fingerprint density at radius 1 is 0.625 bits per heavy atom. The number of rotatable bonds is 10. The van der Waals surface area contributed by atoms with E-state index in [9.17, 15) is 5.11 Å². The Labute approximate surface area is 190 Å². The number of hydrogen-bond donors (Lipinski definition) is 2. The largest absolute Gasteiger partial charge is 0.389 e. The highest BCUT2D eigenvalue weighted by Crippen LogP contribution is 2.40. The lowest BCUT2D eigenvalue weighted by molar-refractivity contribution is -0.0372. The van der Waals surface area contributed by atoms with Gasteiger partial charge in [0.05, 0.1) is 12.7 Å². The first kappa shape index (κ1) is 22.0. The van der Waals surface area contributed by atoms with Crippen molar-refractivity contribution in [2.24, 2.45) is 0 Å². The second kappa shape index (κ2) is 10.9. The molecule has 0 heterocycles. The van der Waals surface area contributed by atoms with Crippen molar-refractivity contribution in [3.63, 3.8) is 0 Å². The average Bonchev–Trinajstić information content (AvgIpc) is 2.87. The number of aliphatic hydroxyl groups is 1. The molecule has 0 spiro atoms. The Morgan fingerprint density at radius 2 is 1.03 bits per heavy atom. The second-order valence-corrected chi connectivity index (χ2v) is 7.86. The highest BCUT2D eigenvalue weighted by atomic mass is 16.5. The first-order valence-corrected chi connectivity index (χ1v) is 11.0. The van der Waals surface area contributed by atoms with Gasteiger partial charge < -0.3 is 15.2 Å². The molecule has 162 valence electrons. The summed E-state index contributed by atoms with van der Waals surface area (Å²) in [6.07, 6.45) is -0.644. The lowest BCUT2D eigenvalue weighted by Crippen LogP contribution is -2.38. The van der Waals surface area contributed by atoms with Crippen LogP contribution in [0.25, 0.3) is 0 Å². The molecule has 4 aromatic rings. The third-order valence-electron chi connectivity index (χ3n) is 5.59. The Bertz CT molecular complexity index is 957. The lowest BCUT2D eigenvalue weighted by atomic mass is 9.80. The fourth-order valence-electron chi connectivity index (χ4n) is 4.03.